The van der Waals surface area contributed by atoms with Crippen LogP contribution in [0.3, 0.4) is 0 Å². The maximum atomic E-state index is 12.2. The lowest BCUT2D eigenvalue weighted by molar-refractivity contribution is -0.119. The lowest BCUT2D eigenvalue weighted by Crippen LogP contribution is -2.17. The molecule has 1 fully saturated rings. The van der Waals surface area contributed by atoms with E-state index in [4.69, 9.17) is 0 Å². The zero-order valence-electron chi connectivity index (χ0n) is 19.6. The summed E-state index contributed by atoms with van der Waals surface area (Å²) in [6, 6.07) is 7.57. The molecule has 10 nitrogen and oxygen atoms in total. The number of carbonyl (C=O) groups is 1. The highest BCUT2D eigenvalue weighted by Gasteiger charge is 2.35. The van der Waals surface area contributed by atoms with Gasteiger partial charge in [-0.1, -0.05) is 44.2 Å². The standard InChI is InChI=1S/C23H27NO9S3/c1-15(2)11-20(25)12-16-3-4-17(22(13-16)35(28,29)30)5-6-18-7-8-19(14-23(18)36(31,32)33)24-34(26,27)21-9-10-21/h3-8,13-15,21,24H,9-12H2,1-2H3,(H,28,29,30)(H,31,32,33)/b6-5+. The summed E-state index contributed by atoms with van der Waals surface area (Å²) in [4.78, 5) is 11.0. The predicted octanol–water partition coefficient (Wildman–Crippen LogP) is 3.41. The number of hydrogen-bond donors (Lipinski definition) is 3. The molecule has 0 amide bonds. The molecular formula is C23H27NO9S3. The van der Waals surface area contributed by atoms with Crippen LogP contribution in [0.5, 0.6) is 0 Å². The van der Waals surface area contributed by atoms with E-state index in [0.29, 0.717) is 24.8 Å². The third-order valence-electron chi connectivity index (χ3n) is 5.35. The normalized spacial score (nSPS) is 14.9. The first kappa shape index (κ1) is 28.0. The molecule has 1 aliphatic rings. The zero-order chi connectivity index (χ0) is 26.9. The number of ketones is 1. The van der Waals surface area contributed by atoms with Crippen molar-refractivity contribution in [3.63, 3.8) is 0 Å². The van der Waals surface area contributed by atoms with Gasteiger partial charge in [0.15, 0.2) is 0 Å². The largest absolute Gasteiger partial charge is 0.299 e. The number of hydrogen-bond acceptors (Lipinski definition) is 7. The first-order valence-electron chi connectivity index (χ1n) is 11.0. The number of sulfonamides is 1. The Morgan fingerprint density at radius 3 is 1.94 bits per heavy atom. The summed E-state index contributed by atoms with van der Waals surface area (Å²) in [6.07, 6.45) is 3.73. The summed E-state index contributed by atoms with van der Waals surface area (Å²) in [5.41, 5.74) is 0.291. The summed E-state index contributed by atoms with van der Waals surface area (Å²) >= 11 is 0. The molecule has 3 rings (SSSR count). The molecular weight excluding hydrogens is 530 g/mol. The number of Topliss-reactive ketones (excluding diaryl/α,β-unsaturated/α-hetero) is 1. The summed E-state index contributed by atoms with van der Waals surface area (Å²) in [7, 11) is -13.1. The fourth-order valence-electron chi connectivity index (χ4n) is 3.57. The van der Waals surface area contributed by atoms with Crippen molar-refractivity contribution in [2.45, 2.75) is 54.6 Å². The van der Waals surface area contributed by atoms with Crippen molar-refractivity contribution >= 4 is 53.9 Å². The molecule has 0 atom stereocenters. The Labute approximate surface area is 211 Å². The molecule has 0 heterocycles. The summed E-state index contributed by atoms with van der Waals surface area (Å²) in [6.45, 7) is 3.76. The van der Waals surface area contributed by atoms with Gasteiger partial charge >= 0.3 is 0 Å². The van der Waals surface area contributed by atoms with E-state index in [9.17, 15) is 39.2 Å². The molecule has 36 heavy (non-hydrogen) atoms. The predicted molar refractivity (Wildman–Crippen MR) is 135 cm³/mol. The fraction of sp³-hybridized carbons (Fsp3) is 0.348. The van der Waals surface area contributed by atoms with Gasteiger partial charge in [0.2, 0.25) is 10.0 Å². The smallest absolute Gasteiger partial charge is 0.295 e. The molecule has 0 saturated heterocycles. The van der Waals surface area contributed by atoms with Crippen LogP contribution >= 0.6 is 0 Å². The Bertz CT molecular complexity index is 1520. The SMILES string of the molecule is CC(C)CC(=O)Cc1ccc(/C=C/c2ccc(NS(=O)(=O)C3CC3)cc2S(=O)(=O)O)c(S(=O)(=O)O)c1. The van der Waals surface area contributed by atoms with Crippen molar-refractivity contribution in [1.82, 2.24) is 0 Å². The summed E-state index contributed by atoms with van der Waals surface area (Å²) in [5, 5.41) is -0.547. The van der Waals surface area contributed by atoms with Gasteiger partial charge in [0, 0.05) is 18.5 Å². The first-order valence-corrected chi connectivity index (χ1v) is 15.4. The lowest BCUT2D eigenvalue weighted by Gasteiger charge is -2.11. The van der Waals surface area contributed by atoms with Crippen molar-refractivity contribution in [3.8, 4) is 0 Å². The topological polar surface area (TPSA) is 172 Å². The molecule has 0 radical (unpaired) electrons. The van der Waals surface area contributed by atoms with E-state index < -0.39 is 45.3 Å². The van der Waals surface area contributed by atoms with Crippen LogP contribution in [0.4, 0.5) is 5.69 Å². The van der Waals surface area contributed by atoms with Gasteiger partial charge in [-0.3, -0.25) is 18.6 Å². The zero-order valence-corrected chi connectivity index (χ0v) is 22.0. The van der Waals surface area contributed by atoms with Crippen LogP contribution in [0, 0.1) is 5.92 Å². The van der Waals surface area contributed by atoms with Crippen LogP contribution < -0.4 is 4.72 Å². The van der Waals surface area contributed by atoms with E-state index in [1.165, 1.54) is 42.5 Å². The van der Waals surface area contributed by atoms with Crippen molar-refractivity contribution < 1.29 is 39.2 Å². The second-order valence-corrected chi connectivity index (χ2v) is 13.8. The van der Waals surface area contributed by atoms with Crippen LogP contribution in [-0.2, 0) is 41.5 Å². The molecule has 3 N–H and O–H groups in total. The molecule has 196 valence electrons. The molecule has 0 bridgehead atoms. The van der Waals surface area contributed by atoms with Gasteiger partial charge in [0.1, 0.15) is 15.6 Å². The number of benzene rings is 2. The number of rotatable bonds is 11. The number of nitrogens with one attached hydrogen (secondary N) is 1. The van der Waals surface area contributed by atoms with Crippen LogP contribution in [0.2, 0.25) is 0 Å². The average Bonchev–Trinajstić information content (AvgIpc) is 3.57. The van der Waals surface area contributed by atoms with E-state index in [-0.39, 0.29) is 34.9 Å². The molecule has 0 unspecified atom stereocenters. The highest BCUT2D eigenvalue weighted by atomic mass is 32.2. The maximum Gasteiger partial charge on any atom is 0.295 e. The average molecular weight is 558 g/mol. The van der Waals surface area contributed by atoms with Gasteiger partial charge in [-0.2, -0.15) is 16.8 Å². The quantitative estimate of drug-likeness (QED) is 0.276. The Hall–Kier alpha value is -2.58. The highest BCUT2D eigenvalue weighted by Crippen LogP contribution is 2.31. The minimum absolute atomic E-state index is 0.0114. The van der Waals surface area contributed by atoms with Crippen molar-refractivity contribution in [2.24, 2.45) is 5.92 Å². The Morgan fingerprint density at radius 1 is 0.917 bits per heavy atom. The minimum atomic E-state index is -4.78. The molecule has 0 aliphatic heterocycles. The molecule has 1 saturated carbocycles. The van der Waals surface area contributed by atoms with Crippen LogP contribution in [0.1, 0.15) is 49.8 Å². The van der Waals surface area contributed by atoms with E-state index in [1.807, 2.05) is 13.8 Å². The molecule has 2 aromatic carbocycles. The molecule has 1 aliphatic carbocycles. The molecule has 2 aromatic rings. The van der Waals surface area contributed by atoms with Gasteiger partial charge in [-0.25, -0.2) is 8.42 Å². The summed E-state index contributed by atoms with van der Waals surface area (Å²) < 4.78 is 93.9. The van der Waals surface area contributed by atoms with Gasteiger partial charge in [0.25, 0.3) is 20.2 Å². The van der Waals surface area contributed by atoms with Gasteiger partial charge in [-0.15, -0.1) is 0 Å². The fourth-order valence-corrected chi connectivity index (χ4v) is 6.39. The third kappa shape index (κ3) is 7.46. The first-order chi connectivity index (χ1) is 16.6. The highest BCUT2D eigenvalue weighted by molar-refractivity contribution is 7.93. The van der Waals surface area contributed by atoms with Crippen molar-refractivity contribution in [2.75, 3.05) is 4.72 Å². The van der Waals surface area contributed by atoms with Crippen LogP contribution in [0.15, 0.2) is 46.2 Å². The number of carbonyl (C=O) groups excluding carboxylic acids is 1. The van der Waals surface area contributed by atoms with Crippen molar-refractivity contribution in [3.05, 3.63) is 53.1 Å². The van der Waals surface area contributed by atoms with Gasteiger partial charge in [0.05, 0.1) is 5.25 Å². The number of anilines is 1. The van der Waals surface area contributed by atoms with Crippen molar-refractivity contribution in [1.29, 1.82) is 0 Å². The van der Waals surface area contributed by atoms with Crippen LogP contribution in [-0.4, -0.2) is 45.4 Å². The maximum absolute atomic E-state index is 12.2. The monoisotopic (exact) mass is 557 g/mol. The summed E-state index contributed by atoms with van der Waals surface area (Å²) in [5.74, 6) is 0.0397. The second-order valence-electron chi connectivity index (χ2n) is 9.07. The Morgan fingerprint density at radius 2 is 1.44 bits per heavy atom. The molecule has 0 spiro atoms. The van der Waals surface area contributed by atoms with E-state index >= 15 is 0 Å². The molecule has 0 aromatic heterocycles. The lowest BCUT2D eigenvalue weighted by atomic mass is 10.00. The minimum Gasteiger partial charge on any atom is -0.299 e. The third-order valence-corrected chi connectivity index (χ3v) is 9.04. The van der Waals surface area contributed by atoms with E-state index in [1.54, 1.807) is 0 Å². The Balaban J connectivity index is 1.96. The van der Waals surface area contributed by atoms with E-state index in [0.717, 1.165) is 6.07 Å². The van der Waals surface area contributed by atoms with E-state index in [2.05, 4.69) is 4.72 Å². The van der Waals surface area contributed by atoms with Crippen LogP contribution in [0.25, 0.3) is 12.2 Å². The van der Waals surface area contributed by atoms with Gasteiger partial charge in [-0.05, 0) is 53.6 Å². The Kier molecular flexibility index (Phi) is 8.10. The molecule has 13 heteroatoms. The van der Waals surface area contributed by atoms with Gasteiger partial charge < -0.3 is 0 Å². The second kappa shape index (κ2) is 10.4.